The number of imidazole rings is 1. The van der Waals surface area contributed by atoms with Crippen molar-refractivity contribution in [3.63, 3.8) is 0 Å². The van der Waals surface area contributed by atoms with Gasteiger partial charge in [0.2, 0.25) is 0 Å². The van der Waals surface area contributed by atoms with E-state index in [1.54, 1.807) is 6.33 Å². The van der Waals surface area contributed by atoms with Crippen molar-refractivity contribution >= 4 is 29.6 Å². The van der Waals surface area contributed by atoms with Crippen LogP contribution in [0.15, 0.2) is 17.5 Å². The third-order valence-electron chi connectivity index (χ3n) is 0.959. The van der Waals surface area contributed by atoms with Crippen LogP contribution in [0.3, 0.4) is 0 Å². The maximum absolute atomic E-state index is 4.55. The number of hydrogen-bond donors (Lipinski definition) is 0. The van der Waals surface area contributed by atoms with E-state index in [2.05, 4.69) is 22.2 Å². The Morgan fingerprint density at radius 2 is 2.60 bits per heavy atom. The average molecular weight is 153 g/mol. The predicted molar refractivity (Wildman–Crippen MR) is 45.0 cm³/mol. The SMILES string of the molecule is Cn1cnc(N=CC=S)c1. The van der Waals surface area contributed by atoms with Crippen LogP contribution in [-0.4, -0.2) is 21.1 Å². The van der Waals surface area contributed by atoms with Crippen LogP contribution in [0.4, 0.5) is 5.82 Å². The smallest absolute Gasteiger partial charge is 0.169 e. The Morgan fingerprint density at radius 3 is 3.10 bits per heavy atom. The second-order valence-corrected chi connectivity index (χ2v) is 2.08. The summed E-state index contributed by atoms with van der Waals surface area (Å²) < 4.78 is 1.83. The van der Waals surface area contributed by atoms with Crippen LogP contribution in [0.25, 0.3) is 0 Å². The van der Waals surface area contributed by atoms with E-state index in [0.29, 0.717) is 5.82 Å². The van der Waals surface area contributed by atoms with Gasteiger partial charge in [-0.2, -0.15) is 0 Å². The van der Waals surface area contributed by atoms with Crippen LogP contribution in [0.5, 0.6) is 0 Å². The minimum Gasteiger partial charge on any atom is -0.338 e. The molecular formula is C6H7N3S. The molecule has 0 unspecified atom stereocenters. The number of rotatable bonds is 2. The van der Waals surface area contributed by atoms with E-state index in [1.165, 1.54) is 11.6 Å². The molecule has 0 fully saturated rings. The summed E-state index contributed by atoms with van der Waals surface area (Å²) in [6.45, 7) is 0. The lowest BCUT2D eigenvalue weighted by Crippen LogP contribution is -1.76. The van der Waals surface area contributed by atoms with Crippen LogP contribution in [0.1, 0.15) is 0 Å². The quantitative estimate of drug-likeness (QED) is 0.471. The highest BCUT2D eigenvalue weighted by atomic mass is 32.1. The zero-order valence-corrected chi connectivity index (χ0v) is 6.38. The van der Waals surface area contributed by atoms with Gasteiger partial charge in [0, 0.05) is 24.8 Å². The molecule has 0 atom stereocenters. The highest BCUT2D eigenvalue weighted by molar-refractivity contribution is 7.80. The standard InChI is InChI=1S/C6H7N3S/c1-9-4-6(8-5-9)7-2-3-10/h2-5H,1H3. The molecule has 1 heterocycles. The molecule has 0 saturated carbocycles. The zero-order valence-electron chi connectivity index (χ0n) is 5.56. The molecule has 3 nitrogen and oxygen atoms in total. The first kappa shape index (κ1) is 7.08. The van der Waals surface area contributed by atoms with Crippen LogP contribution >= 0.6 is 12.2 Å². The second-order valence-electron chi connectivity index (χ2n) is 1.81. The van der Waals surface area contributed by atoms with E-state index in [0.717, 1.165) is 0 Å². The first-order chi connectivity index (χ1) is 4.83. The Morgan fingerprint density at radius 1 is 1.80 bits per heavy atom. The Labute approximate surface area is 64.4 Å². The van der Waals surface area contributed by atoms with Crippen LogP contribution < -0.4 is 0 Å². The van der Waals surface area contributed by atoms with Gasteiger partial charge >= 0.3 is 0 Å². The fraction of sp³-hybridized carbons (Fsp3) is 0.167. The van der Waals surface area contributed by atoms with Crippen molar-refractivity contribution in [1.29, 1.82) is 0 Å². The third-order valence-corrected chi connectivity index (χ3v) is 1.08. The van der Waals surface area contributed by atoms with Gasteiger partial charge in [-0.1, -0.05) is 12.2 Å². The van der Waals surface area contributed by atoms with Gasteiger partial charge in [-0.15, -0.1) is 0 Å². The summed E-state index contributed by atoms with van der Waals surface area (Å²) in [6.07, 6.45) is 5.04. The molecular weight excluding hydrogens is 146 g/mol. The van der Waals surface area contributed by atoms with E-state index in [-0.39, 0.29) is 0 Å². The molecule has 1 aromatic rings. The van der Waals surface area contributed by atoms with E-state index >= 15 is 0 Å². The molecule has 0 bridgehead atoms. The highest BCUT2D eigenvalue weighted by Crippen LogP contribution is 2.03. The van der Waals surface area contributed by atoms with Gasteiger partial charge < -0.3 is 4.57 Å². The Balaban J connectivity index is 2.75. The third kappa shape index (κ3) is 1.73. The first-order valence-electron chi connectivity index (χ1n) is 2.78. The topological polar surface area (TPSA) is 30.2 Å². The van der Waals surface area contributed by atoms with Crippen molar-refractivity contribution in [2.24, 2.45) is 12.0 Å². The van der Waals surface area contributed by atoms with Gasteiger partial charge in [0.05, 0.1) is 6.33 Å². The largest absolute Gasteiger partial charge is 0.338 e. The molecule has 0 aliphatic carbocycles. The number of thiocarbonyl (C=S) groups is 1. The van der Waals surface area contributed by atoms with Gasteiger partial charge in [-0.3, -0.25) is 0 Å². The van der Waals surface area contributed by atoms with E-state index < -0.39 is 0 Å². The normalized spacial score (nSPS) is 10.5. The molecule has 1 aromatic heterocycles. The Bertz CT molecular complexity index is 251. The van der Waals surface area contributed by atoms with Crippen molar-refractivity contribution in [2.45, 2.75) is 0 Å². The van der Waals surface area contributed by atoms with Crippen molar-refractivity contribution in [3.05, 3.63) is 12.5 Å². The summed E-state index contributed by atoms with van der Waals surface area (Å²) in [5.74, 6) is 0.684. The molecule has 0 aliphatic heterocycles. The van der Waals surface area contributed by atoms with Crippen molar-refractivity contribution in [1.82, 2.24) is 9.55 Å². The maximum Gasteiger partial charge on any atom is 0.169 e. The maximum atomic E-state index is 4.55. The lowest BCUT2D eigenvalue weighted by molar-refractivity contribution is 0.913. The molecule has 0 saturated heterocycles. The van der Waals surface area contributed by atoms with E-state index in [9.17, 15) is 0 Å². The Kier molecular flexibility index (Phi) is 2.28. The monoisotopic (exact) mass is 153 g/mol. The molecule has 0 radical (unpaired) electrons. The minimum absolute atomic E-state index is 0.684. The molecule has 4 heteroatoms. The summed E-state index contributed by atoms with van der Waals surface area (Å²) >= 11 is 4.55. The van der Waals surface area contributed by atoms with Crippen LogP contribution in [0, 0.1) is 0 Å². The predicted octanol–water partition coefficient (Wildman–Crippen LogP) is 1.12. The van der Waals surface area contributed by atoms with Gasteiger partial charge in [0.15, 0.2) is 5.82 Å². The molecule has 1 rings (SSSR count). The van der Waals surface area contributed by atoms with Crippen LogP contribution in [0.2, 0.25) is 0 Å². The lowest BCUT2D eigenvalue weighted by Gasteiger charge is -1.79. The van der Waals surface area contributed by atoms with Crippen molar-refractivity contribution < 1.29 is 0 Å². The van der Waals surface area contributed by atoms with Crippen molar-refractivity contribution in [3.8, 4) is 0 Å². The van der Waals surface area contributed by atoms with Gasteiger partial charge in [-0.05, 0) is 0 Å². The van der Waals surface area contributed by atoms with Crippen LogP contribution in [-0.2, 0) is 7.05 Å². The molecule has 0 aromatic carbocycles. The fourth-order valence-electron chi connectivity index (χ4n) is 0.572. The summed E-state index contributed by atoms with van der Waals surface area (Å²) in [4.78, 5) is 7.88. The average Bonchev–Trinajstić information content (AvgIpc) is 2.31. The summed E-state index contributed by atoms with van der Waals surface area (Å²) in [5, 5.41) is 1.45. The highest BCUT2D eigenvalue weighted by Gasteiger charge is 1.87. The molecule has 0 aliphatic rings. The number of aryl methyl sites for hydroxylation is 1. The first-order valence-corrected chi connectivity index (χ1v) is 3.26. The molecule has 10 heavy (non-hydrogen) atoms. The lowest BCUT2D eigenvalue weighted by atomic mass is 10.7. The molecule has 0 N–H and O–H groups in total. The molecule has 0 amide bonds. The Hall–Kier alpha value is -1.03. The number of nitrogens with zero attached hydrogens (tertiary/aromatic N) is 3. The zero-order chi connectivity index (χ0) is 7.40. The van der Waals surface area contributed by atoms with E-state index in [1.807, 2.05) is 17.8 Å². The molecule has 0 spiro atoms. The summed E-state index contributed by atoms with van der Waals surface area (Å²) in [6, 6.07) is 0. The number of aliphatic imine (C=N–C) groups is 1. The van der Waals surface area contributed by atoms with Gasteiger partial charge in [0.1, 0.15) is 0 Å². The van der Waals surface area contributed by atoms with E-state index in [4.69, 9.17) is 0 Å². The number of hydrogen-bond acceptors (Lipinski definition) is 3. The van der Waals surface area contributed by atoms with Gasteiger partial charge in [0.25, 0.3) is 0 Å². The fourth-order valence-corrected chi connectivity index (χ4v) is 0.633. The van der Waals surface area contributed by atoms with Crippen molar-refractivity contribution in [2.75, 3.05) is 0 Å². The number of aromatic nitrogens is 2. The summed E-state index contributed by atoms with van der Waals surface area (Å²) in [7, 11) is 1.89. The molecule has 52 valence electrons. The minimum atomic E-state index is 0.684. The second kappa shape index (κ2) is 3.22. The summed E-state index contributed by atoms with van der Waals surface area (Å²) in [5.41, 5.74) is 0. The van der Waals surface area contributed by atoms with Gasteiger partial charge in [-0.25, -0.2) is 9.98 Å².